The molecule has 22 heavy (non-hydrogen) atoms. The van der Waals surface area contributed by atoms with Gasteiger partial charge < -0.3 is 9.74 Å². The fourth-order valence-corrected chi connectivity index (χ4v) is 5.12. The van der Waals surface area contributed by atoms with Gasteiger partial charge in [-0.2, -0.15) is 0 Å². The SMILES string of the molecule is CCSC(=S)[C@H](C)[C@H]1NC(=O)[C@@H]1[C@@H](C)O[Si](C)(C)C(C)(C)C. The maximum absolute atomic E-state index is 12.1. The summed E-state index contributed by atoms with van der Waals surface area (Å²) in [5.74, 6) is 1.20. The molecular formula is C16H31NO2S2Si. The van der Waals surface area contributed by atoms with Crippen LogP contribution in [0.25, 0.3) is 0 Å². The first-order chi connectivity index (χ1) is 9.92. The summed E-state index contributed by atoms with van der Waals surface area (Å²) in [7, 11) is -1.87. The highest BCUT2D eigenvalue weighted by Gasteiger charge is 2.49. The van der Waals surface area contributed by atoms with Crippen molar-refractivity contribution in [3.05, 3.63) is 0 Å². The van der Waals surface area contributed by atoms with E-state index in [1.807, 2.05) is 6.92 Å². The Bertz CT molecular complexity index is 434. The molecule has 1 rings (SSSR count). The number of carbonyl (C=O) groups is 1. The Morgan fingerprint density at radius 1 is 1.41 bits per heavy atom. The van der Waals surface area contributed by atoms with Gasteiger partial charge in [0.2, 0.25) is 5.91 Å². The Morgan fingerprint density at radius 3 is 2.36 bits per heavy atom. The van der Waals surface area contributed by atoms with Crippen LogP contribution >= 0.6 is 24.0 Å². The first-order valence-electron chi connectivity index (χ1n) is 8.07. The van der Waals surface area contributed by atoms with E-state index in [0.29, 0.717) is 0 Å². The predicted octanol–water partition coefficient (Wildman–Crippen LogP) is 4.23. The summed E-state index contributed by atoms with van der Waals surface area (Å²) >= 11 is 7.18. The van der Waals surface area contributed by atoms with Gasteiger partial charge in [-0.15, -0.1) is 11.8 Å². The van der Waals surface area contributed by atoms with E-state index in [2.05, 4.69) is 53.0 Å². The Balaban J connectivity index is 2.77. The molecule has 4 atom stereocenters. The number of hydrogen-bond donors (Lipinski definition) is 1. The van der Waals surface area contributed by atoms with Gasteiger partial charge >= 0.3 is 0 Å². The molecule has 6 heteroatoms. The third kappa shape index (κ3) is 4.33. The molecule has 0 aromatic carbocycles. The van der Waals surface area contributed by atoms with E-state index >= 15 is 0 Å². The average Bonchev–Trinajstić information content (AvgIpc) is 2.32. The van der Waals surface area contributed by atoms with Crippen LogP contribution < -0.4 is 5.32 Å². The summed E-state index contributed by atoms with van der Waals surface area (Å²) in [5.41, 5.74) is 0. The summed E-state index contributed by atoms with van der Waals surface area (Å²) < 4.78 is 7.41. The van der Waals surface area contributed by atoms with Crippen LogP contribution in [0.1, 0.15) is 41.5 Å². The van der Waals surface area contributed by atoms with E-state index in [9.17, 15) is 4.79 Å². The normalized spacial score (nSPS) is 25.2. The van der Waals surface area contributed by atoms with Crippen molar-refractivity contribution in [1.29, 1.82) is 0 Å². The monoisotopic (exact) mass is 361 g/mol. The second-order valence-corrected chi connectivity index (χ2v) is 14.4. The molecule has 128 valence electrons. The van der Waals surface area contributed by atoms with E-state index in [0.717, 1.165) is 9.95 Å². The van der Waals surface area contributed by atoms with Crippen molar-refractivity contribution >= 4 is 42.4 Å². The predicted molar refractivity (Wildman–Crippen MR) is 103 cm³/mol. The highest BCUT2D eigenvalue weighted by atomic mass is 32.2. The second kappa shape index (κ2) is 7.32. The van der Waals surface area contributed by atoms with Gasteiger partial charge in [-0.1, -0.05) is 46.8 Å². The van der Waals surface area contributed by atoms with E-state index in [1.165, 1.54) is 0 Å². The van der Waals surface area contributed by atoms with Crippen LogP contribution in [0.3, 0.4) is 0 Å². The van der Waals surface area contributed by atoms with Gasteiger partial charge in [-0.3, -0.25) is 4.79 Å². The third-order valence-corrected chi connectivity index (χ3v) is 11.2. The van der Waals surface area contributed by atoms with Gasteiger partial charge in [0, 0.05) is 5.92 Å². The maximum atomic E-state index is 12.1. The molecule has 0 bridgehead atoms. The van der Waals surface area contributed by atoms with Crippen LogP contribution in [0.15, 0.2) is 0 Å². The minimum atomic E-state index is -1.87. The van der Waals surface area contributed by atoms with Crippen LogP contribution in [0.4, 0.5) is 0 Å². The molecule has 0 aromatic heterocycles. The Kier molecular flexibility index (Phi) is 6.70. The molecule has 1 fully saturated rings. The van der Waals surface area contributed by atoms with Gasteiger partial charge in [0.25, 0.3) is 0 Å². The fourth-order valence-electron chi connectivity index (χ4n) is 2.49. The second-order valence-electron chi connectivity index (χ2n) is 7.68. The highest BCUT2D eigenvalue weighted by Crippen LogP contribution is 2.39. The Hall–Kier alpha value is 0.0869. The fraction of sp³-hybridized carbons (Fsp3) is 0.875. The van der Waals surface area contributed by atoms with Gasteiger partial charge in [0.15, 0.2) is 8.32 Å². The van der Waals surface area contributed by atoms with E-state index in [4.69, 9.17) is 16.6 Å². The first kappa shape index (κ1) is 20.1. The van der Waals surface area contributed by atoms with Gasteiger partial charge in [-0.25, -0.2) is 0 Å². The van der Waals surface area contributed by atoms with Crippen molar-refractivity contribution in [2.75, 3.05) is 5.75 Å². The number of thioether (sulfide) groups is 1. The largest absolute Gasteiger partial charge is 0.413 e. The van der Waals surface area contributed by atoms with Crippen molar-refractivity contribution in [1.82, 2.24) is 5.32 Å². The topological polar surface area (TPSA) is 38.3 Å². The highest BCUT2D eigenvalue weighted by molar-refractivity contribution is 8.23. The lowest BCUT2D eigenvalue weighted by atomic mass is 9.79. The molecule has 1 N–H and O–H groups in total. The van der Waals surface area contributed by atoms with E-state index in [-0.39, 0.29) is 34.9 Å². The number of thiocarbonyl (C=S) groups is 1. The summed E-state index contributed by atoms with van der Waals surface area (Å²) in [6, 6.07) is 0.110. The third-order valence-electron chi connectivity index (χ3n) is 4.99. The molecule has 1 amide bonds. The molecule has 0 unspecified atom stereocenters. The molecule has 1 heterocycles. The van der Waals surface area contributed by atoms with Crippen LogP contribution in [-0.2, 0) is 9.22 Å². The van der Waals surface area contributed by atoms with Crippen LogP contribution in [0.5, 0.6) is 0 Å². The summed E-state index contributed by atoms with van der Waals surface area (Å²) in [4.78, 5) is 12.1. The Labute approximate surface area is 146 Å². The van der Waals surface area contributed by atoms with Crippen molar-refractivity contribution in [2.24, 2.45) is 11.8 Å². The number of amides is 1. The number of rotatable bonds is 6. The van der Waals surface area contributed by atoms with Crippen molar-refractivity contribution < 1.29 is 9.22 Å². The zero-order valence-electron chi connectivity index (χ0n) is 15.1. The van der Waals surface area contributed by atoms with Crippen molar-refractivity contribution in [2.45, 2.75) is 71.8 Å². The summed E-state index contributed by atoms with van der Waals surface area (Å²) in [6.07, 6.45) is -0.0588. The number of β-lactam (4-membered cyclic amide) rings is 1. The van der Waals surface area contributed by atoms with Crippen LogP contribution in [0.2, 0.25) is 18.1 Å². The molecule has 0 aromatic rings. The molecule has 1 aliphatic heterocycles. The molecule has 0 aliphatic carbocycles. The molecule has 1 aliphatic rings. The lowest BCUT2D eigenvalue weighted by Crippen LogP contribution is -2.66. The number of nitrogens with one attached hydrogen (secondary N) is 1. The molecule has 0 saturated carbocycles. The zero-order valence-corrected chi connectivity index (χ0v) is 17.8. The lowest BCUT2D eigenvalue weighted by Gasteiger charge is -2.47. The first-order valence-corrected chi connectivity index (χ1v) is 12.4. The minimum Gasteiger partial charge on any atom is -0.413 e. The maximum Gasteiger partial charge on any atom is 0.228 e. The average molecular weight is 362 g/mol. The van der Waals surface area contributed by atoms with E-state index < -0.39 is 8.32 Å². The molecule has 3 nitrogen and oxygen atoms in total. The van der Waals surface area contributed by atoms with Crippen LogP contribution in [-0.4, -0.2) is 36.3 Å². The molecule has 0 spiro atoms. The quantitative estimate of drug-likeness (QED) is 0.436. The van der Waals surface area contributed by atoms with E-state index in [1.54, 1.807) is 11.8 Å². The van der Waals surface area contributed by atoms with Crippen molar-refractivity contribution in [3.8, 4) is 0 Å². The standard InChI is InChI=1S/C16H31NO2S2Si/c1-9-21-15(20)10(2)13-12(14(18)17-13)11(3)19-22(7,8)16(4,5)6/h10-13H,9H2,1-8H3,(H,17,18)/t10-,11-,12-,13-/m1/s1. The van der Waals surface area contributed by atoms with Gasteiger partial charge in [0.05, 0.1) is 22.3 Å². The smallest absolute Gasteiger partial charge is 0.228 e. The molecular weight excluding hydrogens is 330 g/mol. The molecule has 1 saturated heterocycles. The lowest BCUT2D eigenvalue weighted by molar-refractivity contribution is -0.140. The van der Waals surface area contributed by atoms with Gasteiger partial charge in [0.1, 0.15) is 0 Å². The summed E-state index contributed by atoms with van der Waals surface area (Å²) in [6.45, 7) is 17.4. The number of hydrogen-bond acceptors (Lipinski definition) is 4. The molecule has 0 radical (unpaired) electrons. The van der Waals surface area contributed by atoms with Crippen molar-refractivity contribution in [3.63, 3.8) is 0 Å². The summed E-state index contributed by atoms with van der Waals surface area (Å²) in [5, 5.41) is 3.18. The number of carbonyl (C=O) groups excluding carboxylic acids is 1. The Morgan fingerprint density at radius 2 is 1.95 bits per heavy atom. The zero-order chi connectivity index (χ0) is 17.3. The minimum absolute atomic E-state index is 0.0588. The van der Waals surface area contributed by atoms with Gasteiger partial charge in [-0.05, 0) is 30.8 Å². The van der Waals surface area contributed by atoms with Crippen LogP contribution in [0, 0.1) is 11.8 Å².